The fraction of sp³-hybridized carbons (Fsp3) is 0.714. The minimum atomic E-state index is -3.35. The largest absolute Gasteiger partial charge is 0.319 e. The minimum Gasteiger partial charge on any atom is -0.319 e. The standard InChI is InChI=1S/C14H25N3O2S2/c1-15-9-8-13-6-7-14(20-13)21(18,19)17(3)11-12-5-4-10-16(12)2/h6-7,12,15H,4-5,8-11H2,1-3H3. The van der Waals surface area contributed by atoms with Gasteiger partial charge in [-0.1, -0.05) is 0 Å². The second kappa shape index (κ2) is 7.19. The van der Waals surface area contributed by atoms with Crippen LogP contribution in [0.4, 0.5) is 0 Å². The summed E-state index contributed by atoms with van der Waals surface area (Å²) in [6.45, 7) is 2.50. The number of hydrogen-bond acceptors (Lipinski definition) is 5. The third-order valence-electron chi connectivity index (χ3n) is 4.06. The van der Waals surface area contributed by atoms with E-state index in [1.165, 1.54) is 15.6 Å². The number of thiophene rings is 1. The van der Waals surface area contributed by atoms with Crippen LogP contribution in [0.3, 0.4) is 0 Å². The molecule has 1 aromatic rings. The summed E-state index contributed by atoms with van der Waals surface area (Å²) < 4.78 is 27.2. The first kappa shape index (κ1) is 16.9. The Morgan fingerprint density at radius 3 is 2.86 bits per heavy atom. The number of likely N-dealkylation sites (tertiary alicyclic amines) is 1. The van der Waals surface area contributed by atoms with E-state index in [0.717, 1.165) is 37.2 Å². The van der Waals surface area contributed by atoms with Crippen molar-refractivity contribution < 1.29 is 8.42 Å². The van der Waals surface area contributed by atoms with E-state index in [-0.39, 0.29) is 0 Å². The lowest BCUT2D eigenvalue weighted by molar-refractivity contribution is 0.271. The van der Waals surface area contributed by atoms with Gasteiger partial charge in [-0.15, -0.1) is 11.3 Å². The average Bonchev–Trinajstić information content (AvgIpc) is 3.06. The second-order valence-corrected chi connectivity index (χ2v) is 9.08. The van der Waals surface area contributed by atoms with Crippen molar-refractivity contribution in [1.29, 1.82) is 0 Å². The first-order valence-electron chi connectivity index (χ1n) is 7.35. The van der Waals surface area contributed by atoms with Crippen molar-refractivity contribution >= 4 is 21.4 Å². The van der Waals surface area contributed by atoms with Crippen LogP contribution in [0.1, 0.15) is 17.7 Å². The monoisotopic (exact) mass is 331 g/mol. The highest BCUT2D eigenvalue weighted by molar-refractivity contribution is 7.91. The zero-order chi connectivity index (χ0) is 15.5. The van der Waals surface area contributed by atoms with Crippen molar-refractivity contribution in [3.8, 4) is 0 Å². The SMILES string of the molecule is CNCCc1ccc(S(=O)(=O)N(C)CC2CCCN2C)s1. The maximum absolute atomic E-state index is 12.6. The van der Waals surface area contributed by atoms with Crippen LogP contribution in [0.5, 0.6) is 0 Å². The maximum Gasteiger partial charge on any atom is 0.252 e. The molecule has 1 atom stereocenters. The normalized spacial score (nSPS) is 20.5. The summed E-state index contributed by atoms with van der Waals surface area (Å²) in [6.07, 6.45) is 3.10. The van der Waals surface area contributed by atoms with Gasteiger partial charge in [-0.3, -0.25) is 0 Å². The highest BCUT2D eigenvalue weighted by Gasteiger charge is 2.28. The third-order valence-corrected chi connectivity index (χ3v) is 7.50. The molecule has 1 aliphatic heterocycles. The van der Waals surface area contributed by atoms with E-state index in [1.807, 2.05) is 13.1 Å². The topological polar surface area (TPSA) is 52.7 Å². The van der Waals surface area contributed by atoms with Gasteiger partial charge < -0.3 is 10.2 Å². The number of sulfonamides is 1. The number of rotatable bonds is 7. The molecule has 1 unspecified atom stereocenters. The summed E-state index contributed by atoms with van der Waals surface area (Å²) in [4.78, 5) is 3.35. The van der Waals surface area contributed by atoms with Crippen LogP contribution >= 0.6 is 11.3 Å². The Labute approximate surface area is 132 Å². The summed E-state index contributed by atoms with van der Waals surface area (Å²) in [6, 6.07) is 4.00. The number of nitrogens with one attached hydrogen (secondary N) is 1. The molecule has 0 bridgehead atoms. The molecule has 0 aliphatic carbocycles. The van der Waals surface area contributed by atoms with E-state index in [0.29, 0.717) is 16.8 Å². The lowest BCUT2D eigenvalue weighted by atomic mass is 10.2. The Balaban J connectivity index is 2.04. The van der Waals surface area contributed by atoms with Gasteiger partial charge in [-0.05, 0) is 58.6 Å². The molecule has 7 heteroatoms. The van der Waals surface area contributed by atoms with Crippen LogP contribution in [0.25, 0.3) is 0 Å². The van der Waals surface area contributed by atoms with Crippen LogP contribution in [0.15, 0.2) is 16.3 Å². The Morgan fingerprint density at radius 2 is 2.24 bits per heavy atom. The predicted octanol–water partition coefficient (Wildman–Crippen LogP) is 1.22. The molecular weight excluding hydrogens is 306 g/mol. The highest BCUT2D eigenvalue weighted by Crippen LogP contribution is 2.26. The third kappa shape index (κ3) is 4.04. The molecule has 2 heterocycles. The summed E-state index contributed by atoms with van der Waals surface area (Å²) in [5.41, 5.74) is 0. The van der Waals surface area contributed by atoms with E-state index < -0.39 is 10.0 Å². The molecule has 1 N–H and O–H groups in total. The molecule has 120 valence electrons. The average molecular weight is 332 g/mol. The van der Waals surface area contributed by atoms with E-state index in [4.69, 9.17) is 0 Å². The zero-order valence-corrected chi connectivity index (χ0v) is 14.6. The number of hydrogen-bond donors (Lipinski definition) is 1. The first-order valence-corrected chi connectivity index (χ1v) is 9.60. The number of nitrogens with zero attached hydrogens (tertiary/aromatic N) is 2. The highest BCUT2D eigenvalue weighted by atomic mass is 32.2. The molecule has 1 aromatic heterocycles. The van der Waals surface area contributed by atoms with Gasteiger partial charge in [0, 0.05) is 24.5 Å². The molecule has 0 aromatic carbocycles. The van der Waals surface area contributed by atoms with Crippen LogP contribution in [-0.2, 0) is 16.4 Å². The van der Waals surface area contributed by atoms with Crippen molar-refractivity contribution in [3.05, 3.63) is 17.0 Å². The van der Waals surface area contributed by atoms with Gasteiger partial charge in [0.2, 0.25) is 0 Å². The molecule has 2 rings (SSSR count). The fourth-order valence-corrected chi connectivity index (χ4v) is 5.41. The molecule has 1 aliphatic rings. The number of likely N-dealkylation sites (N-methyl/N-ethyl adjacent to an activating group) is 3. The molecule has 5 nitrogen and oxygen atoms in total. The van der Waals surface area contributed by atoms with Crippen molar-refractivity contribution in [2.75, 3.05) is 40.8 Å². The molecule has 1 fully saturated rings. The molecule has 0 saturated carbocycles. The second-order valence-electron chi connectivity index (χ2n) is 5.64. The molecule has 21 heavy (non-hydrogen) atoms. The zero-order valence-electron chi connectivity index (χ0n) is 13.0. The van der Waals surface area contributed by atoms with Gasteiger partial charge >= 0.3 is 0 Å². The summed E-state index contributed by atoms with van der Waals surface area (Å²) in [5.74, 6) is 0. The predicted molar refractivity (Wildman–Crippen MR) is 87.4 cm³/mol. The van der Waals surface area contributed by atoms with Gasteiger partial charge in [0.25, 0.3) is 10.0 Å². The van der Waals surface area contributed by atoms with Gasteiger partial charge in [-0.2, -0.15) is 4.31 Å². The summed E-state index contributed by atoms with van der Waals surface area (Å²) in [7, 11) is 2.31. The van der Waals surface area contributed by atoms with E-state index in [2.05, 4.69) is 17.3 Å². The van der Waals surface area contributed by atoms with Crippen LogP contribution in [0, 0.1) is 0 Å². The van der Waals surface area contributed by atoms with Crippen molar-refractivity contribution in [2.45, 2.75) is 29.5 Å². The quantitative estimate of drug-likeness (QED) is 0.816. The first-order chi connectivity index (χ1) is 9.95. The van der Waals surface area contributed by atoms with E-state index >= 15 is 0 Å². The minimum absolute atomic E-state index is 0.341. The summed E-state index contributed by atoms with van der Waals surface area (Å²) >= 11 is 1.38. The molecule has 0 spiro atoms. The van der Waals surface area contributed by atoms with Crippen LogP contribution in [-0.4, -0.2) is 64.4 Å². The van der Waals surface area contributed by atoms with Crippen molar-refractivity contribution in [3.63, 3.8) is 0 Å². The molecule has 0 radical (unpaired) electrons. The molecular formula is C14H25N3O2S2. The van der Waals surface area contributed by atoms with Gasteiger partial charge in [0.1, 0.15) is 4.21 Å². The van der Waals surface area contributed by atoms with Gasteiger partial charge in [-0.25, -0.2) is 8.42 Å². The lowest BCUT2D eigenvalue weighted by Crippen LogP contribution is -2.39. The van der Waals surface area contributed by atoms with Gasteiger partial charge in [0.05, 0.1) is 0 Å². The van der Waals surface area contributed by atoms with Crippen LogP contribution in [0.2, 0.25) is 0 Å². The Bertz CT molecular complexity index is 556. The van der Waals surface area contributed by atoms with E-state index in [1.54, 1.807) is 13.1 Å². The lowest BCUT2D eigenvalue weighted by Gasteiger charge is -2.24. The Morgan fingerprint density at radius 1 is 1.48 bits per heavy atom. The fourth-order valence-electron chi connectivity index (χ4n) is 2.64. The molecule has 1 saturated heterocycles. The van der Waals surface area contributed by atoms with Gasteiger partial charge in [0.15, 0.2) is 0 Å². The summed E-state index contributed by atoms with van der Waals surface area (Å²) in [5, 5.41) is 3.08. The van der Waals surface area contributed by atoms with Crippen LogP contribution < -0.4 is 5.32 Å². The van der Waals surface area contributed by atoms with E-state index in [9.17, 15) is 8.42 Å². The van der Waals surface area contributed by atoms with Crippen molar-refractivity contribution in [2.24, 2.45) is 0 Å². The smallest absolute Gasteiger partial charge is 0.252 e. The van der Waals surface area contributed by atoms with Crippen molar-refractivity contribution in [1.82, 2.24) is 14.5 Å². The maximum atomic E-state index is 12.6. The molecule has 0 amide bonds. The Hall–Kier alpha value is -0.470. The Kier molecular flexibility index (Phi) is 5.79.